The summed E-state index contributed by atoms with van der Waals surface area (Å²) in [6, 6.07) is 5.66. The monoisotopic (exact) mass is 317 g/mol. The van der Waals surface area contributed by atoms with Crippen LogP contribution in [0.15, 0.2) is 27.6 Å². The van der Waals surface area contributed by atoms with Crippen molar-refractivity contribution in [1.29, 1.82) is 0 Å². The predicted octanol–water partition coefficient (Wildman–Crippen LogP) is 2.56. The van der Waals surface area contributed by atoms with Gasteiger partial charge in [-0.2, -0.15) is 0 Å². The number of rotatable bonds is 6. The van der Waals surface area contributed by atoms with Crippen LogP contribution in [0.5, 0.6) is 0 Å². The van der Waals surface area contributed by atoms with Gasteiger partial charge in [-0.25, -0.2) is 0 Å². The molecule has 2 N–H and O–H groups in total. The maximum Gasteiger partial charge on any atom is 0.230 e. The van der Waals surface area contributed by atoms with Crippen molar-refractivity contribution in [3.05, 3.63) is 28.2 Å². The summed E-state index contributed by atoms with van der Waals surface area (Å²) >= 11 is 4.82. The molecule has 3 nitrogen and oxygen atoms in total. The molecule has 0 unspecified atom stereocenters. The summed E-state index contributed by atoms with van der Waals surface area (Å²) in [5, 5.41) is 12.0. The van der Waals surface area contributed by atoms with E-state index in [9.17, 15) is 9.90 Å². The van der Waals surface area contributed by atoms with E-state index in [0.717, 1.165) is 21.4 Å². The Bertz CT molecular complexity index is 385. The quantitative estimate of drug-likeness (QED) is 0.793. The van der Waals surface area contributed by atoms with Gasteiger partial charge in [-0.1, -0.05) is 28.9 Å². The molecule has 0 radical (unpaired) electrons. The van der Waals surface area contributed by atoms with Crippen LogP contribution in [0.2, 0.25) is 0 Å². The fourth-order valence-electron chi connectivity index (χ4n) is 1.25. The number of amides is 1. The van der Waals surface area contributed by atoms with E-state index < -0.39 is 0 Å². The normalized spacial score (nSPS) is 10.3. The first-order valence-electron chi connectivity index (χ1n) is 5.46. The van der Waals surface area contributed by atoms with E-state index >= 15 is 0 Å². The van der Waals surface area contributed by atoms with Crippen molar-refractivity contribution >= 4 is 33.6 Å². The zero-order valence-corrected chi connectivity index (χ0v) is 12.1. The fourth-order valence-corrected chi connectivity index (χ4v) is 2.68. The van der Waals surface area contributed by atoms with Crippen LogP contribution in [-0.2, 0) is 11.4 Å². The Morgan fingerprint density at radius 2 is 2.29 bits per heavy atom. The van der Waals surface area contributed by atoms with Crippen LogP contribution < -0.4 is 5.32 Å². The van der Waals surface area contributed by atoms with Gasteiger partial charge in [-0.15, -0.1) is 11.8 Å². The first kappa shape index (κ1) is 14.5. The number of benzene rings is 1. The Morgan fingerprint density at radius 1 is 1.53 bits per heavy atom. The van der Waals surface area contributed by atoms with Gasteiger partial charge in [-0.3, -0.25) is 4.79 Å². The van der Waals surface area contributed by atoms with Gasteiger partial charge in [0.05, 0.1) is 12.4 Å². The highest BCUT2D eigenvalue weighted by molar-refractivity contribution is 9.10. The molecule has 0 aromatic heterocycles. The lowest BCUT2D eigenvalue weighted by atomic mass is 10.2. The Labute approximate surface area is 114 Å². The highest BCUT2D eigenvalue weighted by Gasteiger charge is 2.06. The van der Waals surface area contributed by atoms with E-state index in [1.165, 1.54) is 11.8 Å². The molecule has 0 aliphatic heterocycles. The average molecular weight is 318 g/mol. The molecule has 17 heavy (non-hydrogen) atoms. The minimum absolute atomic E-state index is 0.00775. The number of aliphatic hydroxyl groups is 1. The molecular formula is C12H16BrNO2S. The first-order valence-corrected chi connectivity index (χ1v) is 7.24. The molecule has 0 spiro atoms. The molecule has 0 aliphatic rings. The van der Waals surface area contributed by atoms with Crippen molar-refractivity contribution in [2.24, 2.45) is 0 Å². The van der Waals surface area contributed by atoms with Gasteiger partial charge in [0.15, 0.2) is 0 Å². The summed E-state index contributed by atoms with van der Waals surface area (Å²) in [4.78, 5) is 12.4. The largest absolute Gasteiger partial charge is 0.392 e. The molecule has 1 aromatic rings. The Balaban J connectivity index is 2.56. The van der Waals surface area contributed by atoms with Crippen LogP contribution in [0.25, 0.3) is 0 Å². The van der Waals surface area contributed by atoms with Gasteiger partial charge in [0.2, 0.25) is 5.91 Å². The first-order chi connectivity index (χ1) is 8.17. The maximum absolute atomic E-state index is 11.5. The second-order valence-corrected chi connectivity index (χ2v) is 5.48. The van der Waals surface area contributed by atoms with Crippen LogP contribution in [0.1, 0.15) is 18.9 Å². The fraction of sp³-hybridized carbons (Fsp3) is 0.417. The van der Waals surface area contributed by atoms with Crippen LogP contribution in [0, 0.1) is 0 Å². The lowest BCUT2D eigenvalue weighted by Gasteiger charge is -2.08. The third-order valence-electron chi connectivity index (χ3n) is 2.13. The highest BCUT2D eigenvalue weighted by atomic mass is 79.9. The number of halogens is 1. The van der Waals surface area contributed by atoms with Crippen molar-refractivity contribution in [1.82, 2.24) is 5.32 Å². The Morgan fingerprint density at radius 3 is 2.94 bits per heavy atom. The summed E-state index contributed by atoms with van der Waals surface area (Å²) in [5.41, 5.74) is 0.849. The lowest BCUT2D eigenvalue weighted by Crippen LogP contribution is -2.25. The summed E-state index contributed by atoms with van der Waals surface area (Å²) in [6.07, 6.45) is 0.940. The number of thioether (sulfide) groups is 1. The highest BCUT2D eigenvalue weighted by Crippen LogP contribution is 2.26. The van der Waals surface area contributed by atoms with Gasteiger partial charge in [0.1, 0.15) is 0 Å². The zero-order chi connectivity index (χ0) is 12.7. The molecule has 0 saturated carbocycles. The minimum Gasteiger partial charge on any atom is -0.392 e. The Hall–Kier alpha value is -0.520. The zero-order valence-electron chi connectivity index (χ0n) is 9.70. The summed E-state index contributed by atoms with van der Waals surface area (Å²) in [6.45, 7) is 2.72. The van der Waals surface area contributed by atoms with Gasteiger partial charge in [0, 0.05) is 15.9 Å². The third kappa shape index (κ3) is 5.10. The molecule has 0 aliphatic carbocycles. The number of carbonyl (C=O) groups excluding carboxylic acids is 1. The second kappa shape index (κ2) is 7.74. The summed E-state index contributed by atoms with van der Waals surface area (Å²) in [7, 11) is 0. The van der Waals surface area contributed by atoms with Crippen LogP contribution in [-0.4, -0.2) is 23.3 Å². The standard InChI is InChI=1S/C12H16BrNO2S/c1-2-5-14-12(16)8-17-11-6-10(13)4-3-9(11)7-15/h3-4,6,15H,2,5,7-8H2,1H3,(H,14,16). The molecule has 0 saturated heterocycles. The van der Waals surface area contributed by atoms with Crippen molar-refractivity contribution < 1.29 is 9.90 Å². The van der Waals surface area contributed by atoms with Crippen molar-refractivity contribution in [2.75, 3.05) is 12.3 Å². The third-order valence-corrected chi connectivity index (χ3v) is 3.72. The van der Waals surface area contributed by atoms with Crippen LogP contribution >= 0.6 is 27.7 Å². The van der Waals surface area contributed by atoms with Gasteiger partial charge in [-0.05, 0) is 24.1 Å². The SMILES string of the molecule is CCCNC(=O)CSc1cc(Br)ccc1CO. The molecule has 0 bridgehead atoms. The second-order valence-electron chi connectivity index (χ2n) is 3.55. The summed E-state index contributed by atoms with van der Waals surface area (Å²) in [5.74, 6) is 0.407. The number of aliphatic hydroxyl groups excluding tert-OH is 1. The molecule has 1 rings (SSSR count). The molecular weight excluding hydrogens is 302 g/mol. The number of carbonyl (C=O) groups is 1. The molecule has 0 atom stereocenters. The van der Waals surface area contributed by atoms with E-state index in [2.05, 4.69) is 21.2 Å². The van der Waals surface area contributed by atoms with Crippen molar-refractivity contribution in [2.45, 2.75) is 24.8 Å². The predicted molar refractivity (Wildman–Crippen MR) is 74.1 cm³/mol. The van der Waals surface area contributed by atoms with E-state index in [1.807, 2.05) is 25.1 Å². The molecule has 0 heterocycles. The topological polar surface area (TPSA) is 49.3 Å². The maximum atomic E-state index is 11.5. The van der Waals surface area contributed by atoms with E-state index in [1.54, 1.807) is 0 Å². The van der Waals surface area contributed by atoms with Crippen LogP contribution in [0.3, 0.4) is 0 Å². The Kier molecular flexibility index (Phi) is 6.62. The number of hydrogen-bond acceptors (Lipinski definition) is 3. The molecule has 0 fully saturated rings. The van der Waals surface area contributed by atoms with E-state index in [0.29, 0.717) is 12.3 Å². The minimum atomic E-state index is -0.00775. The van der Waals surface area contributed by atoms with Crippen molar-refractivity contribution in [3.63, 3.8) is 0 Å². The van der Waals surface area contributed by atoms with E-state index in [-0.39, 0.29) is 12.5 Å². The molecule has 1 amide bonds. The smallest absolute Gasteiger partial charge is 0.230 e. The molecule has 94 valence electrons. The van der Waals surface area contributed by atoms with E-state index in [4.69, 9.17) is 0 Å². The number of hydrogen-bond donors (Lipinski definition) is 2. The van der Waals surface area contributed by atoms with Crippen LogP contribution in [0.4, 0.5) is 0 Å². The molecule has 1 aromatic carbocycles. The average Bonchev–Trinajstić information content (AvgIpc) is 2.34. The van der Waals surface area contributed by atoms with Gasteiger partial charge >= 0.3 is 0 Å². The van der Waals surface area contributed by atoms with Gasteiger partial charge in [0.25, 0.3) is 0 Å². The lowest BCUT2D eigenvalue weighted by molar-refractivity contribution is -0.118. The molecule has 5 heteroatoms. The number of nitrogens with one attached hydrogen (secondary N) is 1. The van der Waals surface area contributed by atoms with Crippen molar-refractivity contribution in [3.8, 4) is 0 Å². The summed E-state index contributed by atoms with van der Waals surface area (Å²) < 4.78 is 0.950. The van der Waals surface area contributed by atoms with Gasteiger partial charge < -0.3 is 10.4 Å².